The molecule has 0 radical (unpaired) electrons. The number of aromatic nitrogens is 1. The van der Waals surface area contributed by atoms with E-state index in [1.807, 2.05) is 0 Å². The molecule has 0 aliphatic rings. The lowest BCUT2D eigenvalue weighted by molar-refractivity contribution is 0.475. The number of pyridine rings is 1. The molecule has 0 aliphatic heterocycles. The zero-order chi connectivity index (χ0) is 12.4. The summed E-state index contributed by atoms with van der Waals surface area (Å²) < 4.78 is 12.9. The van der Waals surface area contributed by atoms with Crippen LogP contribution < -0.4 is 5.73 Å². The van der Waals surface area contributed by atoms with Gasteiger partial charge in [-0.3, -0.25) is 5.41 Å². The molecule has 1 aromatic carbocycles. The second-order valence-electron chi connectivity index (χ2n) is 3.51. The minimum Gasteiger partial charge on any atom is -0.508 e. The van der Waals surface area contributed by atoms with Gasteiger partial charge in [-0.15, -0.1) is 0 Å². The molecule has 0 unspecified atom stereocenters. The fraction of sp³-hybridized carbons (Fsp3) is 0. The number of aromatic hydroxyl groups is 1. The Bertz CT molecular complexity index is 584. The van der Waals surface area contributed by atoms with Crippen LogP contribution >= 0.6 is 0 Å². The molecular formula is C12H10FN3O. The van der Waals surface area contributed by atoms with E-state index in [0.29, 0.717) is 16.8 Å². The number of hydrogen-bond donors (Lipinski definition) is 3. The number of nitrogens with zero attached hydrogens (tertiary/aromatic N) is 1. The van der Waals surface area contributed by atoms with Crippen LogP contribution in [0.3, 0.4) is 0 Å². The van der Waals surface area contributed by atoms with E-state index in [9.17, 15) is 9.50 Å². The summed E-state index contributed by atoms with van der Waals surface area (Å²) in [5, 5.41) is 17.3. The maximum Gasteiger partial charge on any atom is 0.213 e. The van der Waals surface area contributed by atoms with Gasteiger partial charge in [-0.05, 0) is 24.3 Å². The SMILES string of the molecule is N=C(c1ccnc(F)c1)c1cc(O)ccc1N. The molecule has 4 nitrogen and oxygen atoms in total. The normalized spacial score (nSPS) is 10.2. The van der Waals surface area contributed by atoms with Crippen LogP contribution in [-0.4, -0.2) is 15.8 Å². The second kappa shape index (κ2) is 4.21. The van der Waals surface area contributed by atoms with Gasteiger partial charge in [-0.2, -0.15) is 4.39 Å². The van der Waals surface area contributed by atoms with Crippen LogP contribution in [0.1, 0.15) is 11.1 Å². The van der Waals surface area contributed by atoms with Crippen LogP contribution in [0.5, 0.6) is 5.75 Å². The smallest absolute Gasteiger partial charge is 0.213 e. The van der Waals surface area contributed by atoms with Crippen molar-refractivity contribution in [2.75, 3.05) is 5.73 Å². The molecule has 0 aliphatic carbocycles. The number of nitrogen functional groups attached to an aromatic ring is 1. The van der Waals surface area contributed by atoms with E-state index < -0.39 is 5.95 Å². The summed E-state index contributed by atoms with van der Waals surface area (Å²) in [6.07, 6.45) is 1.28. The molecule has 0 spiro atoms. The van der Waals surface area contributed by atoms with E-state index in [0.717, 1.165) is 6.07 Å². The van der Waals surface area contributed by atoms with Crippen LogP contribution in [0.2, 0.25) is 0 Å². The molecule has 2 aromatic rings. The summed E-state index contributed by atoms with van der Waals surface area (Å²) in [6, 6.07) is 6.95. The Balaban J connectivity index is 2.47. The first-order chi connectivity index (χ1) is 8.08. The highest BCUT2D eigenvalue weighted by molar-refractivity contribution is 6.13. The number of rotatable bonds is 2. The van der Waals surface area contributed by atoms with Gasteiger partial charge < -0.3 is 10.8 Å². The lowest BCUT2D eigenvalue weighted by atomic mass is 10.0. The first-order valence-corrected chi connectivity index (χ1v) is 4.87. The van der Waals surface area contributed by atoms with Crippen molar-refractivity contribution in [3.8, 4) is 5.75 Å². The standard InChI is InChI=1S/C12H10FN3O/c13-11-5-7(3-4-16-11)12(15)9-6-8(17)1-2-10(9)14/h1-6,15,17H,14H2. The number of phenols is 1. The van der Waals surface area contributed by atoms with Crippen LogP contribution in [-0.2, 0) is 0 Å². The molecular weight excluding hydrogens is 221 g/mol. The van der Waals surface area contributed by atoms with Gasteiger partial charge in [0.05, 0.1) is 5.71 Å². The lowest BCUT2D eigenvalue weighted by Gasteiger charge is -2.08. The maximum absolute atomic E-state index is 12.9. The number of phenolic OH excluding ortho intramolecular Hbond substituents is 1. The second-order valence-corrected chi connectivity index (χ2v) is 3.51. The van der Waals surface area contributed by atoms with Crippen LogP contribution in [0.25, 0.3) is 0 Å². The first-order valence-electron chi connectivity index (χ1n) is 4.87. The average molecular weight is 231 g/mol. The van der Waals surface area contributed by atoms with Gasteiger partial charge in [0.25, 0.3) is 0 Å². The molecule has 0 atom stereocenters. The number of nitrogens with one attached hydrogen (secondary N) is 1. The zero-order valence-corrected chi connectivity index (χ0v) is 8.81. The summed E-state index contributed by atoms with van der Waals surface area (Å²) in [5.74, 6) is -0.653. The molecule has 0 saturated heterocycles. The fourth-order valence-corrected chi connectivity index (χ4v) is 1.47. The molecule has 86 valence electrons. The molecule has 1 heterocycles. The van der Waals surface area contributed by atoms with E-state index in [1.54, 1.807) is 0 Å². The van der Waals surface area contributed by atoms with Crippen molar-refractivity contribution in [1.82, 2.24) is 4.98 Å². The Morgan fingerprint density at radius 2 is 2.06 bits per heavy atom. The summed E-state index contributed by atoms with van der Waals surface area (Å²) in [5.41, 5.74) is 6.81. The van der Waals surface area contributed by atoms with Crippen molar-refractivity contribution >= 4 is 11.4 Å². The fourth-order valence-electron chi connectivity index (χ4n) is 1.47. The van der Waals surface area contributed by atoms with Gasteiger partial charge in [-0.25, -0.2) is 4.98 Å². The Labute approximate surface area is 97.1 Å². The van der Waals surface area contributed by atoms with Crippen molar-refractivity contribution in [3.63, 3.8) is 0 Å². The molecule has 0 fully saturated rings. The van der Waals surface area contributed by atoms with E-state index >= 15 is 0 Å². The van der Waals surface area contributed by atoms with Crippen molar-refractivity contribution in [3.05, 3.63) is 53.6 Å². The highest BCUT2D eigenvalue weighted by atomic mass is 19.1. The third kappa shape index (κ3) is 2.23. The van der Waals surface area contributed by atoms with Crippen LogP contribution in [0, 0.1) is 11.4 Å². The lowest BCUT2D eigenvalue weighted by Crippen LogP contribution is -2.06. The largest absolute Gasteiger partial charge is 0.508 e. The number of halogens is 1. The zero-order valence-electron chi connectivity index (χ0n) is 8.81. The predicted molar refractivity (Wildman–Crippen MR) is 62.6 cm³/mol. The Hall–Kier alpha value is -2.43. The van der Waals surface area contributed by atoms with Crippen molar-refractivity contribution in [2.45, 2.75) is 0 Å². The molecule has 0 amide bonds. The molecule has 0 saturated carbocycles. The highest BCUT2D eigenvalue weighted by Crippen LogP contribution is 2.21. The van der Waals surface area contributed by atoms with Gasteiger partial charge in [0.2, 0.25) is 5.95 Å². The Morgan fingerprint density at radius 1 is 1.29 bits per heavy atom. The highest BCUT2D eigenvalue weighted by Gasteiger charge is 2.10. The molecule has 17 heavy (non-hydrogen) atoms. The molecule has 1 aromatic heterocycles. The van der Waals surface area contributed by atoms with Gasteiger partial charge in [-0.1, -0.05) is 0 Å². The van der Waals surface area contributed by atoms with Crippen molar-refractivity contribution in [1.29, 1.82) is 5.41 Å². The average Bonchev–Trinajstić information content (AvgIpc) is 2.31. The van der Waals surface area contributed by atoms with Crippen LogP contribution in [0.15, 0.2) is 36.5 Å². The summed E-state index contributed by atoms with van der Waals surface area (Å²) in [6.45, 7) is 0. The number of anilines is 1. The van der Waals surface area contributed by atoms with Gasteiger partial charge >= 0.3 is 0 Å². The summed E-state index contributed by atoms with van der Waals surface area (Å²) in [7, 11) is 0. The van der Waals surface area contributed by atoms with E-state index in [-0.39, 0.29) is 11.5 Å². The van der Waals surface area contributed by atoms with Gasteiger partial charge in [0.15, 0.2) is 0 Å². The van der Waals surface area contributed by atoms with Crippen molar-refractivity contribution < 1.29 is 9.50 Å². The van der Waals surface area contributed by atoms with Gasteiger partial charge in [0, 0.05) is 29.1 Å². The third-order valence-corrected chi connectivity index (χ3v) is 2.32. The van der Waals surface area contributed by atoms with Gasteiger partial charge in [0.1, 0.15) is 5.75 Å². The van der Waals surface area contributed by atoms with E-state index in [1.165, 1.54) is 30.5 Å². The maximum atomic E-state index is 12.9. The molecule has 4 N–H and O–H groups in total. The summed E-state index contributed by atoms with van der Waals surface area (Å²) >= 11 is 0. The molecule has 5 heteroatoms. The topological polar surface area (TPSA) is 83.0 Å². The summed E-state index contributed by atoms with van der Waals surface area (Å²) in [4.78, 5) is 3.41. The number of hydrogen-bond acceptors (Lipinski definition) is 4. The monoisotopic (exact) mass is 231 g/mol. The Kier molecular flexibility index (Phi) is 2.74. The van der Waals surface area contributed by atoms with Crippen molar-refractivity contribution in [2.24, 2.45) is 0 Å². The quantitative estimate of drug-likeness (QED) is 0.319. The minimum absolute atomic E-state index is 0.00785. The van der Waals surface area contributed by atoms with E-state index in [4.69, 9.17) is 11.1 Å². The predicted octanol–water partition coefficient (Wildman–Crippen LogP) is 1.92. The number of benzene rings is 1. The molecule has 0 bridgehead atoms. The molecule has 2 rings (SSSR count). The Morgan fingerprint density at radius 3 is 2.76 bits per heavy atom. The number of nitrogens with two attached hydrogens (primary N) is 1. The van der Waals surface area contributed by atoms with Crippen LogP contribution in [0.4, 0.5) is 10.1 Å². The van der Waals surface area contributed by atoms with E-state index in [2.05, 4.69) is 4.98 Å². The first kappa shape index (κ1) is 11.1. The third-order valence-electron chi connectivity index (χ3n) is 2.32. The minimum atomic E-state index is -0.661.